The summed E-state index contributed by atoms with van der Waals surface area (Å²) in [5.74, 6) is 0.647. The third-order valence-electron chi connectivity index (χ3n) is 2.76. The van der Waals surface area contributed by atoms with Crippen molar-refractivity contribution in [2.45, 2.75) is 31.8 Å². The summed E-state index contributed by atoms with van der Waals surface area (Å²) in [5, 5.41) is 3.94. The van der Waals surface area contributed by atoms with Crippen molar-refractivity contribution < 1.29 is 4.84 Å². The van der Waals surface area contributed by atoms with E-state index in [9.17, 15) is 0 Å². The molecule has 0 radical (unpaired) electrons. The summed E-state index contributed by atoms with van der Waals surface area (Å²) in [6, 6.07) is 0. The van der Waals surface area contributed by atoms with Crippen molar-refractivity contribution in [2.75, 3.05) is 19.6 Å². The number of hydrogen-bond acceptors (Lipinski definition) is 4. The summed E-state index contributed by atoms with van der Waals surface area (Å²) in [4.78, 5) is 7.84. The fourth-order valence-corrected chi connectivity index (χ4v) is 1.91. The zero-order chi connectivity index (χ0) is 9.10. The van der Waals surface area contributed by atoms with Gasteiger partial charge in [0.15, 0.2) is 0 Å². The largest absolute Gasteiger partial charge is 0.391 e. The van der Waals surface area contributed by atoms with Gasteiger partial charge in [0.05, 0.1) is 0 Å². The van der Waals surface area contributed by atoms with Gasteiger partial charge in [-0.05, 0) is 25.8 Å². The molecule has 0 atom stereocenters. The van der Waals surface area contributed by atoms with Crippen LogP contribution >= 0.6 is 0 Å². The van der Waals surface area contributed by atoms with Gasteiger partial charge in [-0.3, -0.25) is 0 Å². The highest BCUT2D eigenvalue weighted by molar-refractivity contribution is 5.79. The lowest BCUT2D eigenvalue weighted by Gasteiger charge is -2.31. The Balaban J connectivity index is 1.99. The Labute approximate surface area is 78.7 Å². The van der Waals surface area contributed by atoms with Crippen LogP contribution in [0.1, 0.15) is 25.7 Å². The molecule has 13 heavy (non-hydrogen) atoms. The van der Waals surface area contributed by atoms with Crippen LogP contribution in [0.15, 0.2) is 5.16 Å². The molecule has 0 aliphatic carbocycles. The van der Waals surface area contributed by atoms with Crippen LogP contribution in [0.3, 0.4) is 0 Å². The van der Waals surface area contributed by atoms with Gasteiger partial charge in [-0.15, -0.1) is 0 Å². The lowest BCUT2D eigenvalue weighted by Crippen LogP contribution is -2.38. The van der Waals surface area contributed by atoms with Gasteiger partial charge in [0, 0.05) is 19.5 Å². The molecule has 0 spiro atoms. The second-order valence-electron chi connectivity index (χ2n) is 3.83. The van der Waals surface area contributed by atoms with Crippen LogP contribution in [0.5, 0.6) is 0 Å². The van der Waals surface area contributed by atoms with Crippen molar-refractivity contribution in [1.82, 2.24) is 4.90 Å². The van der Waals surface area contributed by atoms with E-state index in [1.54, 1.807) is 0 Å². The van der Waals surface area contributed by atoms with Gasteiger partial charge in [0.2, 0.25) is 0 Å². The Kier molecular flexibility index (Phi) is 2.68. The maximum atomic E-state index is 5.66. The van der Waals surface area contributed by atoms with Crippen LogP contribution in [-0.2, 0) is 4.84 Å². The molecule has 0 saturated carbocycles. The minimum absolute atomic E-state index is 0.299. The summed E-state index contributed by atoms with van der Waals surface area (Å²) in [7, 11) is 0. The molecule has 1 saturated heterocycles. The number of rotatable bonds is 0. The monoisotopic (exact) mass is 183 g/mol. The highest BCUT2D eigenvalue weighted by atomic mass is 16.6. The van der Waals surface area contributed by atoms with Crippen LogP contribution < -0.4 is 5.73 Å². The number of hydrogen-bond donors (Lipinski definition) is 1. The molecule has 0 aromatic rings. The highest BCUT2D eigenvalue weighted by Gasteiger charge is 2.21. The van der Waals surface area contributed by atoms with Gasteiger partial charge in [-0.1, -0.05) is 5.16 Å². The van der Waals surface area contributed by atoms with Gasteiger partial charge >= 0.3 is 0 Å². The van der Waals surface area contributed by atoms with Gasteiger partial charge in [0.1, 0.15) is 11.9 Å². The molecule has 0 unspecified atom stereocenters. The Morgan fingerprint density at radius 1 is 1.31 bits per heavy atom. The Hall–Kier alpha value is -0.770. The van der Waals surface area contributed by atoms with Crippen LogP contribution in [0, 0.1) is 0 Å². The van der Waals surface area contributed by atoms with E-state index in [0.717, 1.165) is 45.3 Å². The van der Waals surface area contributed by atoms with E-state index >= 15 is 0 Å². The van der Waals surface area contributed by atoms with Gasteiger partial charge < -0.3 is 15.5 Å². The summed E-state index contributed by atoms with van der Waals surface area (Å²) in [5.41, 5.74) is 5.66. The fourth-order valence-electron chi connectivity index (χ4n) is 1.91. The molecule has 1 fully saturated rings. The second kappa shape index (κ2) is 3.96. The van der Waals surface area contributed by atoms with Crippen LogP contribution in [0.2, 0.25) is 0 Å². The van der Waals surface area contributed by atoms with E-state index in [-0.39, 0.29) is 0 Å². The molecule has 3 heterocycles. The first-order valence-electron chi connectivity index (χ1n) is 5.05. The molecule has 3 aliphatic heterocycles. The average Bonchev–Trinajstić information content (AvgIpc) is 2.18. The molecule has 4 heteroatoms. The first kappa shape index (κ1) is 8.81. The van der Waals surface area contributed by atoms with E-state index in [1.807, 2.05) is 0 Å². The van der Waals surface area contributed by atoms with E-state index in [0.29, 0.717) is 11.9 Å². The molecular formula is C9H17N3O. The van der Waals surface area contributed by atoms with Crippen molar-refractivity contribution in [2.24, 2.45) is 10.9 Å². The van der Waals surface area contributed by atoms with Gasteiger partial charge in [0.25, 0.3) is 0 Å². The third kappa shape index (κ3) is 2.34. The normalized spacial score (nSPS) is 38.9. The highest BCUT2D eigenvalue weighted by Crippen LogP contribution is 2.15. The number of oxime groups is 1. The molecule has 0 aromatic heterocycles. The minimum atomic E-state index is 0.299. The summed E-state index contributed by atoms with van der Waals surface area (Å²) in [6.07, 6.45) is 4.45. The van der Waals surface area contributed by atoms with Crippen molar-refractivity contribution in [1.29, 1.82) is 0 Å². The first-order chi connectivity index (χ1) is 6.34. The number of nitrogens with zero attached hydrogens (tertiary/aromatic N) is 2. The maximum Gasteiger partial charge on any atom is 0.139 e. The predicted octanol–water partition coefficient (Wildman–Crippen LogP) is 0.533. The van der Waals surface area contributed by atoms with Crippen molar-refractivity contribution >= 4 is 5.84 Å². The summed E-state index contributed by atoms with van der Waals surface area (Å²) < 4.78 is 0. The first-order valence-corrected chi connectivity index (χ1v) is 5.05. The van der Waals surface area contributed by atoms with Crippen LogP contribution in [0.25, 0.3) is 0 Å². The number of piperidine rings is 1. The van der Waals surface area contributed by atoms with Crippen molar-refractivity contribution in [3.63, 3.8) is 0 Å². The zero-order valence-electron chi connectivity index (χ0n) is 7.91. The number of amidine groups is 1. The summed E-state index contributed by atoms with van der Waals surface area (Å²) >= 11 is 0. The molecule has 3 aliphatic rings. The zero-order valence-corrected chi connectivity index (χ0v) is 7.91. The van der Waals surface area contributed by atoms with Crippen molar-refractivity contribution in [3.8, 4) is 0 Å². The topological polar surface area (TPSA) is 50.9 Å². The lowest BCUT2D eigenvalue weighted by molar-refractivity contribution is 0.00794. The third-order valence-corrected chi connectivity index (χ3v) is 2.76. The quantitative estimate of drug-likeness (QED) is 0.596. The smallest absolute Gasteiger partial charge is 0.139 e. The molecule has 2 N–H and O–H groups in total. The van der Waals surface area contributed by atoms with Crippen LogP contribution in [-0.4, -0.2) is 36.5 Å². The molecule has 2 bridgehead atoms. The Bertz CT molecular complexity index is 197. The molecule has 74 valence electrons. The maximum absolute atomic E-state index is 5.66. The van der Waals surface area contributed by atoms with E-state index in [2.05, 4.69) is 10.1 Å². The second-order valence-corrected chi connectivity index (χ2v) is 3.83. The lowest BCUT2D eigenvalue weighted by atomic mass is 10.1. The fraction of sp³-hybridized carbons (Fsp3) is 0.889. The summed E-state index contributed by atoms with van der Waals surface area (Å²) in [6.45, 7) is 3.46. The predicted molar refractivity (Wildman–Crippen MR) is 51.4 cm³/mol. The van der Waals surface area contributed by atoms with E-state index < -0.39 is 0 Å². The molecular weight excluding hydrogens is 166 g/mol. The van der Waals surface area contributed by atoms with Crippen molar-refractivity contribution in [3.05, 3.63) is 0 Å². The Morgan fingerprint density at radius 2 is 2.08 bits per heavy atom. The van der Waals surface area contributed by atoms with Crippen LogP contribution in [0.4, 0.5) is 0 Å². The number of nitrogens with two attached hydrogens (primary N) is 1. The SMILES string of the molecule is N/C1=N/OC2CCN(CCC1)CC2. The molecule has 0 amide bonds. The molecule has 4 nitrogen and oxygen atoms in total. The Morgan fingerprint density at radius 3 is 2.85 bits per heavy atom. The minimum Gasteiger partial charge on any atom is -0.391 e. The van der Waals surface area contributed by atoms with Gasteiger partial charge in [-0.2, -0.15) is 0 Å². The van der Waals surface area contributed by atoms with E-state index in [4.69, 9.17) is 10.6 Å². The van der Waals surface area contributed by atoms with Gasteiger partial charge in [-0.25, -0.2) is 0 Å². The van der Waals surface area contributed by atoms with E-state index in [1.165, 1.54) is 0 Å². The number of fused-ring (bicyclic) bond motifs is 6. The molecule has 0 aromatic carbocycles. The standard InChI is InChI=1S/C9H17N3O/c10-9-2-1-5-12-6-3-8(4-7-12)13-11-9/h8H,1-7H2,(H2,10,11). The average molecular weight is 183 g/mol. The molecule has 3 rings (SSSR count).